The molecule has 0 bridgehead atoms. The van der Waals surface area contributed by atoms with E-state index in [1.807, 2.05) is 0 Å². The molecule has 0 spiro atoms. The first-order valence-corrected chi connectivity index (χ1v) is 5.37. The molecule has 0 fully saturated rings. The van der Waals surface area contributed by atoms with Crippen LogP contribution in [0.15, 0.2) is 12.1 Å². The van der Waals surface area contributed by atoms with Gasteiger partial charge in [-0.1, -0.05) is 0 Å². The number of benzene rings is 1. The minimum Gasteiger partial charge on any atom is -0.355 e. The molecule has 0 saturated carbocycles. The van der Waals surface area contributed by atoms with Gasteiger partial charge in [-0.15, -0.1) is 0 Å². The van der Waals surface area contributed by atoms with Crippen LogP contribution in [0.1, 0.15) is 18.1 Å². The smallest absolute Gasteiger partial charge is 0.216 e. The summed E-state index contributed by atoms with van der Waals surface area (Å²) < 4.78 is 26.9. The van der Waals surface area contributed by atoms with Gasteiger partial charge in [-0.05, 0) is 12.1 Å². The number of amides is 1. The van der Waals surface area contributed by atoms with E-state index in [-0.39, 0.29) is 23.6 Å². The van der Waals surface area contributed by atoms with Crippen LogP contribution >= 0.6 is 0 Å². The van der Waals surface area contributed by atoms with Gasteiger partial charge in [-0.2, -0.15) is 5.26 Å². The molecule has 1 aromatic rings. The van der Waals surface area contributed by atoms with Crippen LogP contribution in [-0.2, 0) is 11.3 Å². The molecule has 4 nitrogen and oxygen atoms in total. The van der Waals surface area contributed by atoms with Crippen LogP contribution < -0.4 is 10.6 Å². The van der Waals surface area contributed by atoms with Crippen LogP contribution in [0.2, 0.25) is 0 Å². The summed E-state index contributed by atoms with van der Waals surface area (Å²) in [6.07, 6.45) is 0. The van der Waals surface area contributed by atoms with Crippen molar-refractivity contribution in [3.05, 3.63) is 34.9 Å². The maximum absolute atomic E-state index is 13.4. The molecule has 18 heavy (non-hydrogen) atoms. The zero-order valence-corrected chi connectivity index (χ0v) is 9.89. The zero-order valence-electron chi connectivity index (χ0n) is 9.89. The van der Waals surface area contributed by atoms with Gasteiger partial charge in [0.1, 0.15) is 11.6 Å². The van der Waals surface area contributed by atoms with Crippen molar-refractivity contribution in [2.24, 2.45) is 0 Å². The average molecular weight is 253 g/mol. The summed E-state index contributed by atoms with van der Waals surface area (Å²) in [4.78, 5) is 10.6. The van der Waals surface area contributed by atoms with Crippen molar-refractivity contribution >= 4 is 5.91 Å². The molecule has 0 aliphatic carbocycles. The minimum atomic E-state index is -0.751. The quantitative estimate of drug-likeness (QED) is 0.771. The Hall–Kier alpha value is -2.00. The number of carbonyl (C=O) groups is 1. The molecule has 0 heterocycles. The van der Waals surface area contributed by atoms with E-state index in [0.29, 0.717) is 13.1 Å². The molecule has 0 unspecified atom stereocenters. The Balaban J connectivity index is 2.53. The highest BCUT2D eigenvalue weighted by Gasteiger charge is 2.10. The summed E-state index contributed by atoms with van der Waals surface area (Å²) in [5.41, 5.74) is -0.163. The molecule has 96 valence electrons. The van der Waals surface area contributed by atoms with Crippen LogP contribution in [0, 0.1) is 23.0 Å². The van der Waals surface area contributed by atoms with E-state index in [1.165, 1.54) is 6.92 Å². The number of rotatable bonds is 5. The summed E-state index contributed by atoms with van der Waals surface area (Å²) in [6.45, 7) is 2.18. The number of nitriles is 1. The Morgan fingerprint density at radius 3 is 2.44 bits per heavy atom. The second-order valence-corrected chi connectivity index (χ2v) is 3.69. The average Bonchev–Trinajstić information content (AvgIpc) is 2.31. The third-order valence-electron chi connectivity index (χ3n) is 2.25. The van der Waals surface area contributed by atoms with E-state index in [0.717, 1.165) is 12.1 Å². The number of hydrogen-bond donors (Lipinski definition) is 2. The normalized spacial score (nSPS) is 9.89. The molecule has 0 aliphatic rings. The molecule has 1 rings (SSSR count). The summed E-state index contributed by atoms with van der Waals surface area (Å²) in [7, 11) is 0. The van der Waals surface area contributed by atoms with Gasteiger partial charge in [0.15, 0.2) is 0 Å². The van der Waals surface area contributed by atoms with Crippen LogP contribution in [0.5, 0.6) is 0 Å². The monoisotopic (exact) mass is 253 g/mol. The highest BCUT2D eigenvalue weighted by molar-refractivity contribution is 5.72. The lowest BCUT2D eigenvalue weighted by atomic mass is 10.1. The summed E-state index contributed by atoms with van der Waals surface area (Å²) in [5.74, 6) is -1.66. The van der Waals surface area contributed by atoms with Crippen molar-refractivity contribution < 1.29 is 13.6 Å². The standard InChI is InChI=1S/C12H13F2N3O/c1-8(18)17-3-2-16-7-10-11(13)4-9(6-15)5-12(10)14/h4-5,16H,2-3,7H2,1H3,(H,17,18). The SMILES string of the molecule is CC(=O)NCCNCc1c(F)cc(C#N)cc1F. The first-order chi connectivity index (χ1) is 8.54. The maximum Gasteiger partial charge on any atom is 0.216 e. The van der Waals surface area contributed by atoms with Crippen molar-refractivity contribution in [2.75, 3.05) is 13.1 Å². The van der Waals surface area contributed by atoms with Crippen LogP contribution in [0.4, 0.5) is 8.78 Å². The Kier molecular flexibility index (Phi) is 5.21. The zero-order chi connectivity index (χ0) is 13.5. The van der Waals surface area contributed by atoms with E-state index in [1.54, 1.807) is 6.07 Å². The number of nitrogens with zero attached hydrogens (tertiary/aromatic N) is 1. The predicted octanol–water partition coefficient (Wildman–Crippen LogP) is 1.06. The van der Waals surface area contributed by atoms with Gasteiger partial charge in [0, 0.05) is 32.1 Å². The van der Waals surface area contributed by atoms with Crippen molar-refractivity contribution in [2.45, 2.75) is 13.5 Å². The summed E-state index contributed by atoms with van der Waals surface area (Å²) >= 11 is 0. The van der Waals surface area contributed by atoms with Gasteiger partial charge in [0.25, 0.3) is 0 Å². The third kappa shape index (κ3) is 4.11. The molecule has 0 atom stereocenters. The Morgan fingerprint density at radius 2 is 1.94 bits per heavy atom. The molecule has 2 N–H and O–H groups in total. The minimum absolute atomic E-state index is 0.00294. The van der Waals surface area contributed by atoms with Crippen molar-refractivity contribution in [1.82, 2.24) is 10.6 Å². The lowest BCUT2D eigenvalue weighted by Gasteiger charge is -2.08. The molecule has 0 aromatic heterocycles. The van der Waals surface area contributed by atoms with E-state index in [4.69, 9.17) is 5.26 Å². The second kappa shape index (κ2) is 6.67. The molecule has 0 saturated heterocycles. The number of hydrogen-bond acceptors (Lipinski definition) is 3. The van der Waals surface area contributed by atoms with Gasteiger partial charge in [-0.3, -0.25) is 4.79 Å². The number of halogens is 2. The van der Waals surface area contributed by atoms with E-state index in [2.05, 4.69) is 10.6 Å². The Bertz CT molecular complexity index is 460. The lowest BCUT2D eigenvalue weighted by molar-refractivity contribution is -0.118. The van der Waals surface area contributed by atoms with Crippen LogP contribution in [-0.4, -0.2) is 19.0 Å². The highest BCUT2D eigenvalue weighted by Crippen LogP contribution is 2.14. The largest absolute Gasteiger partial charge is 0.355 e. The van der Waals surface area contributed by atoms with Crippen LogP contribution in [0.3, 0.4) is 0 Å². The van der Waals surface area contributed by atoms with E-state index >= 15 is 0 Å². The molecular weight excluding hydrogens is 240 g/mol. The van der Waals surface area contributed by atoms with Crippen molar-refractivity contribution in [1.29, 1.82) is 5.26 Å². The van der Waals surface area contributed by atoms with E-state index in [9.17, 15) is 13.6 Å². The van der Waals surface area contributed by atoms with Gasteiger partial charge >= 0.3 is 0 Å². The fourth-order valence-electron chi connectivity index (χ4n) is 1.38. The molecule has 6 heteroatoms. The molecular formula is C12H13F2N3O. The van der Waals surface area contributed by atoms with Gasteiger partial charge in [-0.25, -0.2) is 8.78 Å². The summed E-state index contributed by atoms with van der Waals surface area (Å²) in [5, 5.41) is 13.9. The lowest BCUT2D eigenvalue weighted by Crippen LogP contribution is -2.30. The van der Waals surface area contributed by atoms with Crippen molar-refractivity contribution in [3.8, 4) is 6.07 Å². The third-order valence-corrected chi connectivity index (χ3v) is 2.25. The predicted molar refractivity (Wildman–Crippen MR) is 61.5 cm³/mol. The molecule has 0 radical (unpaired) electrons. The fourth-order valence-corrected chi connectivity index (χ4v) is 1.38. The molecule has 0 aliphatic heterocycles. The second-order valence-electron chi connectivity index (χ2n) is 3.69. The molecule has 1 amide bonds. The van der Waals surface area contributed by atoms with Crippen LogP contribution in [0.25, 0.3) is 0 Å². The van der Waals surface area contributed by atoms with Gasteiger partial charge in [0.05, 0.1) is 11.6 Å². The fraction of sp³-hybridized carbons (Fsp3) is 0.333. The first kappa shape index (κ1) is 14.1. The maximum atomic E-state index is 13.4. The number of carbonyl (C=O) groups excluding carboxylic acids is 1. The highest BCUT2D eigenvalue weighted by atomic mass is 19.1. The Labute approximate surface area is 104 Å². The topological polar surface area (TPSA) is 64.9 Å². The van der Waals surface area contributed by atoms with Crippen molar-refractivity contribution in [3.63, 3.8) is 0 Å². The summed E-state index contributed by atoms with van der Waals surface area (Å²) in [6, 6.07) is 3.66. The van der Waals surface area contributed by atoms with Gasteiger partial charge in [0.2, 0.25) is 5.91 Å². The van der Waals surface area contributed by atoms with Gasteiger partial charge < -0.3 is 10.6 Å². The first-order valence-electron chi connectivity index (χ1n) is 5.37. The molecule has 1 aromatic carbocycles. The van der Waals surface area contributed by atoms with E-state index < -0.39 is 11.6 Å². The Morgan fingerprint density at radius 1 is 1.33 bits per heavy atom. The number of nitrogens with one attached hydrogen (secondary N) is 2.